The first-order valence-corrected chi connectivity index (χ1v) is 17.0. The highest BCUT2D eigenvalue weighted by atomic mass is 16.6. The molecule has 0 bridgehead atoms. The number of hydrogen-bond acceptors (Lipinski definition) is 4. The monoisotopic (exact) mass is 574 g/mol. The Morgan fingerprint density at radius 2 is 0.786 bits per heavy atom. The van der Waals surface area contributed by atoms with Gasteiger partial charge in [-0.2, -0.15) is 0 Å². The minimum absolute atomic E-state index is 0.269. The van der Waals surface area contributed by atoms with Crippen LogP contribution in [0, 0.1) is 0 Å². The molecule has 42 heavy (non-hydrogen) atoms. The Balaban J connectivity index is 1.54. The van der Waals surface area contributed by atoms with E-state index in [4.69, 9.17) is 9.47 Å². The minimum Gasteiger partial charge on any atom is -0.422 e. The molecule has 0 aromatic heterocycles. The van der Waals surface area contributed by atoms with Crippen molar-refractivity contribution in [1.82, 2.24) is 0 Å². The number of rotatable bonds is 22. The molecule has 0 amide bonds. The smallest absolute Gasteiger partial charge is 0.311 e. The van der Waals surface area contributed by atoms with Gasteiger partial charge in [-0.15, -0.1) is 0 Å². The van der Waals surface area contributed by atoms with Crippen molar-refractivity contribution in [2.45, 2.75) is 142 Å². The molecule has 0 saturated carbocycles. The second-order valence-electron chi connectivity index (χ2n) is 12.0. The first kappa shape index (κ1) is 33.6. The zero-order valence-electron chi connectivity index (χ0n) is 26.4. The Kier molecular flexibility index (Phi) is 16.1. The topological polar surface area (TPSA) is 52.6 Å². The third kappa shape index (κ3) is 12.5. The van der Waals surface area contributed by atoms with E-state index in [0.29, 0.717) is 24.3 Å². The fourth-order valence-corrected chi connectivity index (χ4v) is 5.62. The van der Waals surface area contributed by atoms with Crippen LogP contribution in [-0.2, 0) is 9.59 Å². The highest BCUT2D eigenvalue weighted by Crippen LogP contribution is 2.35. The average Bonchev–Trinajstić information content (AvgIpc) is 2.98. The van der Waals surface area contributed by atoms with Crippen LogP contribution in [0.1, 0.15) is 142 Å². The Hall–Kier alpha value is -2.88. The van der Waals surface area contributed by atoms with Gasteiger partial charge in [-0.05, 0) is 58.7 Å². The van der Waals surface area contributed by atoms with E-state index in [9.17, 15) is 9.59 Å². The van der Waals surface area contributed by atoms with Gasteiger partial charge in [0.15, 0.2) is 11.5 Å². The molecule has 3 aromatic rings. The molecular formula is C38H54O4. The Morgan fingerprint density at radius 3 is 1.14 bits per heavy atom. The summed E-state index contributed by atoms with van der Waals surface area (Å²) in [6.45, 7) is 4.48. The van der Waals surface area contributed by atoms with Crippen molar-refractivity contribution < 1.29 is 19.1 Å². The minimum atomic E-state index is -0.269. The van der Waals surface area contributed by atoms with Crippen LogP contribution < -0.4 is 9.47 Å². The molecule has 0 unspecified atom stereocenters. The zero-order valence-corrected chi connectivity index (χ0v) is 26.4. The number of hydrogen-bond donors (Lipinski definition) is 0. The van der Waals surface area contributed by atoms with Crippen molar-refractivity contribution >= 4 is 33.5 Å². The van der Waals surface area contributed by atoms with Gasteiger partial charge in [-0.1, -0.05) is 141 Å². The lowest BCUT2D eigenvalue weighted by Crippen LogP contribution is -2.12. The predicted octanol–water partition coefficient (Wildman–Crippen LogP) is 11.6. The Bertz CT molecular complexity index is 1120. The molecule has 0 atom stereocenters. The van der Waals surface area contributed by atoms with Gasteiger partial charge in [0, 0.05) is 12.8 Å². The lowest BCUT2D eigenvalue weighted by Gasteiger charge is -2.13. The van der Waals surface area contributed by atoms with E-state index in [-0.39, 0.29) is 11.9 Å². The number of ether oxygens (including phenoxy) is 2. The van der Waals surface area contributed by atoms with Crippen LogP contribution in [0.4, 0.5) is 0 Å². The van der Waals surface area contributed by atoms with Crippen LogP contribution in [0.5, 0.6) is 11.5 Å². The van der Waals surface area contributed by atoms with E-state index in [0.717, 1.165) is 60.1 Å². The fourth-order valence-electron chi connectivity index (χ4n) is 5.62. The summed E-state index contributed by atoms with van der Waals surface area (Å²) in [6, 6.07) is 16.1. The van der Waals surface area contributed by atoms with Crippen LogP contribution >= 0.6 is 0 Å². The van der Waals surface area contributed by atoms with E-state index in [1.54, 1.807) is 0 Å². The lowest BCUT2D eigenvalue weighted by atomic mass is 10.0. The number of benzene rings is 3. The van der Waals surface area contributed by atoms with Gasteiger partial charge in [0.05, 0.1) is 0 Å². The van der Waals surface area contributed by atoms with Crippen LogP contribution in [0.25, 0.3) is 21.5 Å². The van der Waals surface area contributed by atoms with Crippen molar-refractivity contribution in [1.29, 1.82) is 0 Å². The van der Waals surface area contributed by atoms with Crippen molar-refractivity contribution in [3.8, 4) is 11.5 Å². The van der Waals surface area contributed by atoms with E-state index >= 15 is 0 Å². The SMILES string of the molecule is CCCCCCCCCCCC(=O)Oc1cc2cc3ccccc3cc2cc1OC(=O)CCCCCCCCCCC. The first-order chi connectivity index (χ1) is 20.6. The molecule has 0 heterocycles. The van der Waals surface area contributed by atoms with E-state index in [2.05, 4.69) is 38.1 Å². The Labute approximate surface area is 254 Å². The Morgan fingerprint density at radius 1 is 0.452 bits per heavy atom. The molecule has 0 radical (unpaired) electrons. The summed E-state index contributed by atoms with van der Waals surface area (Å²) >= 11 is 0. The molecule has 230 valence electrons. The van der Waals surface area contributed by atoms with Crippen molar-refractivity contribution in [2.24, 2.45) is 0 Å². The molecule has 0 N–H and O–H groups in total. The van der Waals surface area contributed by atoms with Gasteiger partial charge in [0.2, 0.25) is 0 Å². The highest BCUT2D eigenvalue weighted by Gasteiger charge is 2.16. The van der Waals surface area contributed by atoms with Gasteiger partial charge in [0.1, 0.15) is 0 Å². The quantitative estimate of drug-likeness (QED) is 0.0518. The highest BCUT2D eigenvalue weighted by molar-refractivity contribution is 6.00. The number of fused-ring (bicyclic) bond motifs is 2. The first-order valence-electron chi connectivity index (χ1n) is 17.0. The van der Waals surface area contributed by atoms with Gasteiger partial charge in [-0.3, -0.25) is 9.59 Å². The summed E-state index contributed by atoms with van der Waals surface area (Å²) in [5.41, 5.74) is 0. The molecule has 0 spiro atoms. The van der Waals surface area contributed by atoms with E-state index in [1.165, 1.54) is 77.0 Å². The van der Waals surface area contributed by atoms with Gasteiger partial charge >= 0.3 is 11.9 Å². The van der Waals surface area contributed by atoms with E-state index < -0.39 is 0 Å². The van der Waals surface area contributed by atoms with Crippen molar-refractivity contribution in [3.05, 3.63) is 48.5 Å². The molecule has 3 rings (SSSR count). The normalized spacial score (nSPS) is 11.3. The standard InChI is InChI=1S/C38H54O4/c1-3-5-7-9-11-13-15-17-19-25-37(39)41-35-29-33-27-31-23-21-22-24-32(31)28-34(33)30-36(35)42-38(40)26-20-18-16-14-12-10-8-6-4-2/h21-24,27-30H,3-20,25-26H2,1-2H3. The molecule has 0 aliphatic heterocycles. The number of carbonyl (C=O) groups excluding carboxylic acids is 2. The largest absolute Gasteiger partial charge is 0.422 e. The summed E-state index contributed by atoms with van der Waals surface area (Å²) in [6.07, 6.45) is 22.3. The molecule has 4 nitrogen and oxygen atoms in total. The summed E-state index contributed by atoms with van der Waals surface area (Å²) in [5, 5.41) is 4.15. The maximum Gasteiger partial charge on any atom is 0.311 e. The van der Waals surface area contributed by atoms with Crippen LogP contribution in [0.2, 0.25) is 0 Å². The third-order valence-electron chi connectivity index (χ3n) is 8.18. The van der Waals surface area contributed by atoms with Gasteiger partial charge in [-0.25, -0.2) is 0 Å². The maximum absolute atomic E-state index is 12.8. The lowest BCUT2D eigenvalue weighted by molar-refractivity contribution is -0.137. The maximum atomic E-state index is 12.8. The fraction of sp³-hybridized carbons (Fsp3) is 0.579. The van der Waals surface area contributed by atoms with Crippen molar-refractivity contribution in [3.63, 3.8) is 0 Å². The van der Waals surface area contributed by atoms with Crippen LogP contribution in [-0.4, -0.2) is 11.9 Å². The van der Waals surface area contributed by atoms with E-state index in [1.807, 2.05) is 24.3 Å². The third-order valence-corrected chi connectivity index (χ3v) is 8.18. The number of carbonyl (C=O) groups is 2. The number of esters is 2. The molecule has 0 aliphatic carbocycles. The molecule has 3 aromatic carbocycles. The van der Waals surface area contributed by atoms with Gasteiger partial charge < -0.3 is 9.47 Å². The average molecular weight is 575 g/mol. The van der Waals surface area contributed by atoms with Gasteiger partial charge in [0.25, 0.3) is 0 Å². The number of unbranched alkanes of at least 4 members (excludes halogenated alkanes) is 16. The zero-order chi connectivity index (χ0) is 29.8. The van der Waals surface area contributed by atoms with Crippen molar-refractivity contribution in [2.75, 3.05) is 0 Å². The molecule has 0 saturated heterocycles. The molecule has 0 aliphatic rings. The summed E-state index contributed by atoms with van der Waals surface area (Å²) in [7, 11) is 0. The summed E-state index contributed by atoms with van der Waals surface area (Å²) in [5.74, 6) is 0.127. The molecular weight excluding hydrogens is 520 g/mol. The summed E-state index contributed by atoms with van der Waals surface area (Å²) in [4.78, 5) is 25.6. The summed E-state index contributed by atoms with van der Waals surface area (Å²) < 4.78 is 11.6. The molecule has 4 heteroatoms. The van der Waals surface area contributed by atoms with Crippen LogP contribution in [0.3, 0.4) is 0 Å². The second-order valence-corrected chi connectivity index (χ2v) is 12.0. The van der Waals surface area contributed by atoms with Crippen LogP contribution in [0.15, 0.2) is 48.5 Å². The predicted molar refractivity (Wildman–Crippen MR) is 176 cm³/mol. The molecule has 0 fully saturated rings. The second kappa shape index (κ2) is 20.1.